The zero-order chi connectivity index (χ0) is 14.5. The molecule has 0 radical (unpaired) electrons. The molecule has 2 aromatic rings. The summed E-state index contributed by atoms with van der Waals surface area (Å²) in [6.07, 6.45) is 0. The van der Waals surface area contributed by atoms with Crippen molar-refractivity contribution in [1.29, 1.82) is 5.26 Å². The van der Waals surface area contributed by atoms with E-state index in [2.05, 4.69) is 5.43 Å². The summed E-state index contributed by atoms with van der Waals surface area (Å²) in [5.41, 5.74) is 10.9. The fourth-order valence-electron chi connectivity index (χ4n) is 1.82. The highest BCUT2D eigenvalue weighted by Gasteiger charge is 2.06. The van der Waals surface area contributed by atoms with Gasteiger partial charge in [-0.1, -0.05) is 30.3 Å². The van der Waals surface area contributed by atoms with Gasteiger partial charge in [-0.15, -0.1) is 0 Å². The van der Waals surface area contributed by atoms with E-state index in [4.69, 9.17) is 16.8 Å². The van der Waals surface area contributed by atoms with Gasteiger partial charge in [-0.25, -0.2) is 10.2 Å². The van der Waals surface area contributed by atoms with Gasteiger partial charge in [0.15, 0.2) is 5.70 Å². The van der Waals surface area contributed by atoms with Crippen LogP contribution in [-0.4, -0.2) is 0 Å². The second-order valence-corrected chi connectivity index (χ2v) is 4.13. The van der Waals surface area contributed by atoms with Crippen molar-refractivity contribution in [3.63, 3.8) is 0 Å². The summed E-state index contributed by atoms with van der Waals surface area (Å²) >= 11 is 0. The first-order valence-corrected chi connectivity index (χ1v) is 5.88. The first-order valence-electron chi connectivity index (χ1n) is 5.88. The van der Waals surface area contributed by atoms with Gasteiger partial charge in [-0.3, -0.25) is 0 Å². The Hall–Kier alpha value is -2.84. The number of allylic oxidation sites excluding steroid dienone is 1. The number of hydrazine groups is 1. The van der Waals surface area contributed by atoms with E-state index in [0.717, 1.165) is 11.1 Å². The van der Waals surface area contributed by atoms with Crippen LogP contribution in [-0.2, 0) is 0 Å². The van der Waals surface area contributed by atoms with E-state index in [1.807, 2.05) is 24.3 Å². The minimum Gasteiger partial charge on any atom is -0.396 e. The molecule has 2 aromatic carbocycles. The quantitative estimate of drug-likeness (QED) is 0.452. The molecule has 100 valence electrons. The van der Waals surface area contributed by atoms with Crippen LogP contribution in [0.5, 0.6) is 0 Å². The molecule has 5 heteroatoms. The SMILES string of the molecule is N#C/C(NN)=C(/N)c1cccc(-c2ccc(F)cc2)c1. The lowest BCUT2D eigenvalue weighted by Crippen LogP contribution is -2.23. The van der Waals surface area contributed by atoms with Crippen LogP contribution in [0.3, 0.4) is 0 Å². The molecule has 0 saturated carbocycles. The normalized spacial score (nSPS) is 11.4. The Kier molecular flexibility index (Phi) is 3.99. The van der Waals surface area contributed by atoms with Crippen molar-refractivity contribution in [3.05, 3.63) is 65.6 Å². The minimum atomic E-state index is -0.289. The molecule has 20 heavy (non-hydrogen) atoms. The molecular formula is C15H13FN4. The predicted octanol–water partition coefficient (Wildman–Crippen LogP) is 2.11. The van der Waals surface area contributed by atoms with Crippen LogP contribution in [0.2, 0.25) is 0 Å². The Balaban J connectivity index is 2.46. The molecular weight excluding hydrogens is 255 g/mol. The van der Waals surface area contributed by atoms with Gasteiger partial charge in [0.05, 0.1) is 5.70 Å². The molecule has 4 nitrogen and oxygen atoms in total. The lowest BCUT2D eigenvalue weighted by Gasteiger charge is -2.08. The van der Waals surface area contributed by atoms with Crippen LogP contribution in [0, 0.1) is 17.1 Å². The maximum atomic E-state index is 12.9. The maximum absolute atomic E-state index is 12.9. The lowest BCUT2D eigenvalue weighted by molar-refractivity contribution is 0.628. The first-order chi connectivity index (χ1) is 9.65. The van der Waals surface area contributed by atoms with Gasteiger partial charge in [-0.05, 0) is 29.3 Å². The van der Waals surface area contributed by atoms with Crippen LogP contribution < -0.4 is 17.0 Å². The molecule has 0 amide bonds. The largest absolute Gasteiger partial charge is 0.396 e. The van der Waals surface area contributed by atoms with Crippen LogP contribution in [0.15, 0.2) is 54.2 Å². The molecule has 0 heterocycles. The molecule has 0 aliphatic rings. The van der Waals surface area contributed by atoms with Crippen LogP contribution in [0.4, 0.5) is 4.39 Å². The number of halogens is 1. The predicted molar refractivity (Wildman–Crippen MR) is 75.9 cm³/mol. The van der Waals surface area contributed by atoms with Crippen molar-refractivity contribution in [1.82, 2.24) is 5.43 Å². The highest BCUT2D eigenvalue weighted by atomic mass is 19.1. The molecule has 0 spiro atoms. The van der Waals surface area contributed by atoms with E-state index in [9.17, 15) is 4.39 Å². The van der Waals surface area contributed by atoms with E-state index in [0.29, 0.717) is 5.56 Å². The average Bonchev–Trinajstić information content (AvgIpc) is 2.49. The fraction of sp³-hybridized carbons (Fsp3) is 0. The monoisotopic (exact) mass is 268 g/mol. The van der Waals surface area contributed by atoms with E-state index >= 15 is 0 Å². The van der Waals surface area contributed by atoms with Crippen molar-refractivity contribution in [2.75, 3.05) is 0 Å². The third-order valence-electron chi connectivity index (χ3n) is 2.88. The number of nitrogens with zero attached hydrogens (tertiary/aromatic N) is 1. The highest BCUT2D eigenvalue weighted by Crippen LogP contribution is 2.23. The Labute approximate surface area is 116 Å². The van der Waals surface area contributed by atoms with Crippen molar-refractivity contribution < 1.29 is 4.39 Å². The van der Waals surface area contributed by atoms with Crippen LogP contribution >= 0.6 is 0 Å². The van der Waals surface area contributed by atoms with Crippen molar-refractivity contribution in [2.24, 2.45) is 11.6 Å². The average molecular weight is 268 g/mol. The number of hydrogen-bond acceptors (Lipinski definition) is 4. The van der Waals surface area contributed by atoms with E-state index in [1.54, 1.807) is 18.2 Å². The van der Waals surface area contributed by atoms with E-state index < -0.39 is 0 Å². The van der Waals surface area contributed by atoms with E-state index in [-0.39, 0.29) is 17.2 Å². The summed E-state index contributed by atoms with van der Waals surface area (Å²) < 4.78 is 12.9. The number of nitriles is 1. The molecule has 0 aromatic heterocycles. The van der Waals surface area contributed by atoms with Crippen LogP contribution in [0.1, 0.15) is 5.56 Å². The maximum Gasteiger partial charge on any atom is 0.151 e. The number of hydrogen-bond donors (Lipinski definition) is 3. The van der Waals surface area contributed by atoms with Crippen molar-refractivity contribution >= 4 is 5.70 Å². The zero-order valence-electron chi connectivity index (χ0n) is 10.6. The molecule has 0 aliphatic carbocycles. The van der Waals surface area contributed by atoms with Gasteiger partial charge in [0, 0.05) is 5.56 Å². The smallest absolute Gasteiger partial charge is 0.151 e. The summed E-state index contributed by atoms with van der Waals surface area (Å²) in [6, 6.07) is 15.3. The minimum absolute atomic E-state index is 0.0984. The van der Waals surface area contributed by atoms with Gasteiger partial charge >= 0.3 is 0 Å². The Morgan fingerprint density at radius 1 is 1.10 bits per heavy atom. The fourth-order valence-corrected chi connectivity index (χ4v) is 1.82. The Bertz CT molecular complexity index is 684. The number of nitrogens with one attached hydrogen (secondary N) is 1. The summed E-state index contributed by atoms with van der Waals surface area (Å²) in [5, 5.41) is 8.90. The van der Waals surface area contributed by atoms with Crippen molar-refractivity contribution in [2.45, 2.75) is 0 Å². The topological polar surface area (TPSA) is 87.9 Å². The summed E-state index contributed by atoms with van der Waals surface area (Å²) in [5.74, 6) is 4.95. The van der Waals surface area contributed by atoms with Gasteiger partial charge in [0.1, 0.15) is 11.9 Å². The number of benzene rings is 2. The van der Waals surface area contributed by atoms with Gasteiger partial charge in [0.25, 0.3) is 0 Å². The van der Waals surface area contributed by atoms with Gasteiger partial charge < -0.3 is 11.2 Å². The summed E-state index contributed by atoms with van der Waals surface area (Å²) in [4.78, 5) is 0. The Morgan fingerprint density at radius 3 is 2.40 bits per heavy atom. The molecule has 0 aliphatic heterocycles. The third-order valence-corrected chi connectivity index (χ3v) is 2.88. The third kappa shape index (κ3) is 2.76. The lowest BCUT2D eigenvalue weighted by atomic mass is 10.0. The molecule has 2 rings (SSSR count). The second kappa shape index (κ2) is 5.87. The first kappa shape index (κ1) is 13.6. The highest BCUT2D eigenvalue weighted by molar-refractivity contribution is 5.74. The molecule has 0 saturated heterocycles. The standard InChI is InChI=1S/C15H13FN4/c16-13-6-4-10(5-7-13)11-2-1-3-12(8-11)15(18)14(9-17)20-19/h1-8,20H,18-19H2/b15-14-. The van der Waals surface area contributed by atoms with Crippen LogP contribution in [0.25, 0.3) is 16.8 Å². The van der Waals surface area contributed by atoms with Gasteiger partial charge in [0.2, 0.25) is 0 Å². The molecule has 0 fully saturated rings. The Morgan fingerprint density at radius 2 is 1.80 bits per heavy atom. The number of nitrogens with two attached hydrogens (primary N) is 2. The van der Waals surface area contributed by atoms with E-state index in [1.165, 1.54) is 12.1 Å². The second-order valence-electron chi connectivity index (χ2n) is 4.13. The molecule has 0 bridgehead atoms. The number of rotatable bonds is 3. The summed E-state index contributed by atoms with van der Waals surface area (Å²) in [6.45, 7) is 0. The van der Waals surface area contributed by atoms with Crippen molar-refractivity contribution in [3.8, 4) is 17.2 Å². The summed E-state index contributed by atoms with van der Waals surface area (Å²) in [7, 11) is 0. The zero-order valence-corrected chi connectivity index (χ0v) is 10.6. The van der Waals surface area contributed by atoms with Gasteiger partial charge in [-0.2, -0.15) is 5.26 Å². The molecule has 5 N–H and O–H groups in total. The molecule has 0 unspecified atom stereocenters. The molecule has 0 atom stereocenters.